The molecule has 5 heteroatoms. The fourth-order valence-electron chi connectivity index (χ4n) is 0.810. The van der Waals surface area contributed by atoms with Crippen molar-refractivity contribution in [2.24, 2.45) is 0 Å². The van der Waals surface area contributed by atoms with E-state index in [0.717, 1.165) is 5.57 Å². The second-order valence-electron chi connectivity index (χ2n) is 3.04. The maximum absolute atomic E-state index is 11.6. The van der Waals surface area contributed by atoms with Gasteiger partial charge in [0, 0.05) is 6.42 Å². The zero-order valence-corrected chi connectivity index (χ0v) is 8.08. The zero-order valence-electron chi connectivity index (χ0n) is 8.08. The van der Waals surface area contributed by atoms with E-state index in [-0.39, 0.29) is 18.7 Å². The number of halogens is 3. The number of alkyl halides is 3. The molecule has 0 saturated heterocycles. The first-order valence-corrected chi connectivity index (χ1v) is 4.31. The number of rotatable bonds is 6. The van der Waals surface area contributed by atoms with Gasteiger partial charge in [-0.2, -0.15) is 13.2 Å². The topological polar surface area (TPSA) is 29.1 Å². The number of carbonyl (C=O) groups excluding carboxylic acids is 1. The number of ketones is 1. The molecule has 0 unspecified atom stereocenters. The molecular weight excluding hydrogens is 195 g/mol. The van der Waals surface area contributed by atoms with Crippen LogP contribution in [-0.4, -0.2) is 25.0 Å². The molecule has 0 saturated carbocycles. The van der Waals surface area contributed by atoms with Crippen molar-refractivity contribution in [3.8, 4) is 0 Å². The average Bonchev–Trinajstić information content (AvgIpc) is 2.01. The zero-order chi connectivity index (χ0) is 11.2. The first-order chi connectivity index (χ1) is 6.35. The van der Waals surface area contributed by atoms with Gasteiger partial charge in [-0.15, -0.1) is 0 Å². The van der Waals surface area contributed by atoms with Crippen LogP contribution in [0.25, 0.3) is 0 Å². The molecule has 0 heterocycles. The fourth-order valence-corrected chi connectivity index (χ4v) is 0.810. The molecule has 0 fully saturated rings. The van der Waals surface area contributed by atoms with Gasteiger partial charge in [0.25, 0.3) is 0 Å². The minimum absolute atomic E-state index is 0.154. The summed E-state index contributed by atoms with van der Waals surface area (Å²) in [5.74, 6) is -0.263. The Labute approximate surface area is 81.2 Å². The van der Waals surface area contributed by atoms with E-state index in [9.17, 15) is 18.0 Å². The molecule has 0 aliphatic heterocycles. The highest BCUT2D eigenvalue weighted by molar-refractivity contribution is 5.82. The molecular formula is C9H14F3NO. The molecule has 0 bridgehead atoms. The van der Waals surface area contributed by atoms with Gasteiger partial charge in [0.05, 0.1) is 13.1 Å². The lowest BCUT2D eigenvalue weighted by Gasteiger charge is -2.07. The van der Waals surface area contributed by atoms with E-state index in [2.05, 4.69) is 6.58 Å². The number of Topliss-reactive ketones (excluding diaryl/α,β-unsaturated/α-hetero) is 1. The molecule has 82 valence electrons. The van der Waals surface area contributed by atoms with Crippen LogP contribution in [-0.2, 0) is 4.79 Å². The standard InChI is InChI=1S/C9H14F3NO/c1-3-7(2)4-8(14)5-13-6-9(10,11)12/h13H,2-6H2,1H3. The molecule has 0 aliphatic rings. The van der Waals surface area contributed by atoms with E-state index in [1.807, 2.05) is 12.2 Å². The third-order valence-corrected chi connectivity index (χ3v) is 1.59. The summed E-state index contributed by atoms with van der Waals surface area (Å²) in [4.78, 5) is 11.0. The van der Waals surface area contributed by atoms with E-state index >= 15 is 0 Å². The minimum atomic E-state index is -4.26. The molecule has 0 aromatic rings. The van der Waals surface area contributed by atoms with Crippen molar-refractivity contribution in [2.45, 2.75) is 25.9 Å². The summed E-state index contributed by atoms with van der Waals surface area (Å²) in [5.41, 5.74) is 0.740. The summed E-state index contributed by atoms with van der Waals surface area (Å²) in [7, 11) is 0. The van der Waals surface area contributed by atoms with E-state index in [0.29, 0.717) is 6.42 Å². The minimum Gasteiger partial charge on any atom is -0.302 e. The lowest BCUT2D eigenvalue weighted by Crippen LogP contribution is -2.32. The predicted octanol–water partition coefficient (Wildman–Crippen LogP) is 2.06. The van der Waals surface area contributed by atoms with E-state index in [4.69, 9.17) is 0 Å². The molecule has 2 nitrogen and oxygen atoms in total. The lowest BCUT2D eigenvalue weighted by molar-refractivity contribution is -0.127. The molecule has 1 N–H and O–H groups in total. The van der Waals surface area contributed by atoms with Crippen molar-refractivity contribution in [1.29, 1.82) is 0 Å². The van der Waals surface area contributed by atoms with Gasteiger partial charge >= 0.3 is 6.18 Å². The van der Waals surface area contributed by atoms with Gasteiger partial charge in [-0.3, -0.25) is 4.79 Å². The summed E-state index contributed by atoms with van der Waals surface area (Å²) in [6.07, 6.45) is -3.44. The smallest absolute Gasteiger partial charge is 0.302 e. The molecule has 14 heavy (non-hydrogen) atoms. The van der Waals surface area contributed by atoms with Gasteiger partial charge < -0.3 is 5.32 Å². The van der Waals surface area contributed by atoms with Gasteiger partial charge in [-0.1, -0.05) is 19.1 Å². The quantitative estimate of drug-likeness (QED) is 0.678. The van der Waals surface area contributed by atoms with Crippen LogP contribution < -0.4 is 5.32 Å². The SMILES string of the molecule is C=C(CC)CC(=O)CNCC(F)(F)F. The number of carbonyl (C=O) groups is 1. The maximum atomic E-state index is 11.6. The maximum Gasteiger partial charge on any atom is 0.401 e. The molecule has 0 spiro atoms. The van der Waals surface area contributed by atoms with Crippen LogP contribution in [0.4, 0.5) is 13.2 Å². The van der Waals surface area contributed by atoms with Crippen LogP contribution in [0.15, 0.2) is 12.2 Å². The molecule has 0 aliphatic carbocycles. The van der Waals surface area contributed by atoms with Crippen molar-refractivity contribution in [3.63, 3.8) is 0 Å². The summed E-state index contributed by atoms with van der Waals surface area (Å²) in [6.45, 7) is 4.07. The third-order valence-electron chi connectivity index (χ3n) is 1.59. The molecule has 0 aromatic heterocycles. The lowest BCUT2D eigenvalue weighted by atomic mass is 10.1. The normalized spacial score (nSPS) is 11.4. The Morgan fingerprint density at radius 1 is 1.43 bits per heavy atom. The monoisotopic (exact) mass is 209 g/mol. The summed E-state index contributed by atoms with van der Waals surface area (Å²) in [6, 6.07) is 0. The van der Waals surface area contributed by atoms with Gasteiger partial charge in [0.2, 0.25) is 0 Å². The number of hydrogen-bond acceptors (Lipinski definition) is 2. The van der Waals surface area contributed by atoms with Crippen molar-refractivity contribution >= 4 is 5.78 Å². The number of nitrogens with one attached hydrogen (secondary N) is 1. The summed E-state index contributed by atoms with van der Waals surface area (Å²) in [5, 5.41) is 2.04. The van der Waals surface area contributed by atoms with Crippen LogP contribution >= 0.6 is 0 Å². The Bertz CT molecular complexity index is 211. The third kappa shape index (κ3) is 7.79. The van der Waals surface area contributed by atoms with Crippen LogP contribution in [0.5, 0.6) is 0 Å². The Morgan fingerprint density at radius 2 is 2.00 bits per heavy atom. The Morgan fingerprint density at radius 3 is 2.43 bits per heavy atom. The Hall–Kier alpha value is -0.840. The number of hydrogen-bond donors (Lipinski definition) is 1. The molecule has 0 amide bonds. The van der Waals surface area contributed by atoms with Gasteiger partial charge in [-0.25, -0.2) is 0 Å². The van der Waals surface area contributed by atoms with E-state index in [1.54, 1.807) is 0 Å². The van der Waals surface area contributed by atoms with Crippen molar-refractivity contribution in [1.82, 2.24) is 5.32 Å². The summed E-state index contributed by atoms with van der Waals surface area (Å²) < 4.78 is 34.9. The van der Waals surface area contributed by atoms with Gasteiger partial charge in [0.15, 0.2) is 5.78 Å². The highest BCUT2D eigenvalue weighted by Gasteiger charge is 2.26. The fraction of sp³-hybridized carbons (Fsp3) is 0.667. The van der Waals surface area contributed by atoms with Crippen LogP contribution in [0.2, 0.25) is 0 Å². The van der Waals surface area contributed by atoms with Crippen molar-refractivity contribution in [2.75, 3.05) is 13.1 Å². The highest BCUT2D eigenvalue weighted by Crippen LogP contribution is 2.12. The highest BCUT2D eigenvalue weighted by atomic mass is 19.4. The average molecular weight is 209 g/mol. The van der Waals surface area contributed by atoms with Gasteiger partial charge in [-0.05, 0) is 6.42 Å². The second kappa shape index (κ2) is 5.80. The van der Waals surface area contributed by atoms with Crippen LogP contribution in [0.1, 0.15) is 19.8 Å². The first kappa shape index (κ1) is 13.2. The van der Waals surface area contributed by atoms with Crippen LogP contribution in [0.3, 0.4) is 0 Å². The van der Waals surface area contributed by atoms with Crippen molar-refractivity contribution in [3.05, 3.63) is 12.2 Å². The molecule has 0 radical (unpaired) electrons. The summed E-state index contributed by atoms with van der Waals surface area (Å²) >= 11 is 0. The predicted molar refractivity (Wildman–Crippen MR) is 48.0 cm³/mol. The van der Waals surface area contributed by atoms with Crippen molar-refractivity contribution < 1.29 is 18.0 Å². The number of allylic oxidation sites excluding steroid dienone is 1. The molecule has 0 atom stereocenters. The van der Waals surface area contributed by atoms with Gasteiger partial charge in [0.1, 0.15) is 0 Å². The second-order valence-corrected chi connectivity index (χ2v) is 3.04. The van der Waals surface area contributed by atoms with Crippen LogP contribution in [0, 0.1) is 0 Å². The van der Waals surface area contributed by atoms with E-state index < -0.39 is 12.7 Å². The molecule has 0 aromatic carbocycles. The first-order valence-electron chi connectivity index (χ1n) is 4.31. The Balaban J connectivity index is 3.60. The largest absolute Gasteiger partial charge is 0.401 e. The van der Waals surface area contributed by atoms with E-state index in [1.165, 1.54) is 0 Å². The Kier molecular flexibility index (Phi) is 5.45. The molecule has 0 rings (SSSR count).